The number of rotatable bonds is 5. The molecule has 0 radical (unpaired) electrons. The number of thiazole rings is 1. The number of aromatic nitrogens is 3. The third kappa shape index (κ3) is 4.07. The highest BCUT2D eigenvalue weighted by atomic mass is 32.1. The Kier molecular flexibility index (Phi) is 5.19. The van der Waals surface area contributed by atoms with Crippen LogP contribution in [0.5, 0.6) is 11.6 Å². The third-order valence-corrected chi connectivity index (χ3v) is 6.30. The highest BCUT2D eigenvalue weighted by Gasteiger charge is 2.21. The van der Waals surface area contributed by atoms with Crippen molar-refractivity contribution in [3.8, 4) is 11.6 Å². The summed E-state index contributed by atoms with van der Waals surface area (Å²) in [4.78, 5) is 15.9. The molecule has 152 valence electrons. The predicted molar refractivity (Wildman–Crippen MR) is 122 cm³/mol. The van der Waals surface area contributed by atoms with Crippen molar-refractivity contribution in [1.82, 2.24) is 15.0 Å². The van der Waals surface area contributed by atoms with E-state index in [0.29, 0.717) is 5.88 Å². The first-order chi connectivity index (χ1) is 14.7. The van der Waals surface area contributed by atoms with Gasteiger partial charge in [-0.1, -0.05) is 30.4 Å². The number of nitrogens with zero attached hydrogens (tertiary/aromatic N) is 4. The van der Waals surface area contributed by atoms with E-state index >= 15 is 0 Å². The van der Waals surface area contributed by atoms with Gasteiger partial charge < -0.3 is 15.0 Å². The van der Waals surface area contributed by atoms with E-state index in [0.717, 1.165) is 46.9 Å². The van der Waals surface area contributed by atoms with Gasteiger partial charge in [-0.2, -0.15) is 0 Å². The molecule has 4 aromatic rings. The lowest BCUT2D eigenvalue weighted by Crippen LogP contribution is -2.33. The molecule has 1 saturated heterocycles. The monoisotopic (exact) mass is 417 g/mol. The largest absolute Gasteiger partial charge is 0.436 e. The number of hydrogen-bond acceptors (Lipinski definition) is 7. The van der Waals surface area contributed by atoms with Crippen LogP contribution in [0.1, 0.15) is 19.8 Å². The number of para-hydroxylation sites is 1. The van der Waals surface area contributed by atoms with Gasteiger partial charge in [0.1, 0.15) is 5.75 Å². The van der Waals surface area contributed by atoms with Crippen LogP contribution in [-0.2, 0) is 0 Å². The van der Waals surface area contributed by atoms with Crippen molar-refractivity contribution < 1.29 is 4.74 Å². The topological polar surface area (TPSA) is 63.2 Å². The first kappa shape index (κ1) is 18.8. The van der Waals surface area contributed by atoms with E-state index in [9.17, 15) is 0 Å². The molecule has 3 heterocycles. The van der Waals surface area contributed by atoms with E-state index in [2.05, 4.69) is 38.2 Å². The molecule has 1 N–H and O–H groups in total. The predicted octanol–water partition coefficient (Wildman–Crippen LogP) is 5.86. The van der Waals surface area contributed by atoms with Crippen LogP contribution in [0.2, 0.25) is 0 Å². The average Bonchev–Trinajstić information content (AvgIpc) is 3.18. The van der Waals surface area contributed by atoms with Crippen LogP contribution in [0.3, 0.4) is 0 Å². The number of fused-ring (bicyclic) bond motifs is 1. The van der Waals surface area contributed by atoms with Gasteiger partial charge in [-0.15, -0.1) is 0 Å². The molecule has 30 heavy (non-hydrogen) atoms. The minimum atomic E-state index is 0.555. The average molecular weight is 418 g/mol. The lowest BCUT2D eigenvalue weighted by atomic mass is 9.99. The Balaban J connectivity index is 1.29. The van der Waals surface area contributed by atoms with Crippen molar-refractivity contribution in [3.05, 3.63) is 60.9 Å². The zero-order chi connectivity index (χ0) is 20.3. The fourth-order valence-corrected chi connectivity index (χ4v) is 4.48. The Labute approximate surface area is 179 Å². The van der Waals surface area contributed by atoms with Gasteiger partial charge in [0.15, 0.2) is 10.9 Å². The van der Waals surface area contributed by atoms with E-state index < -0.39 is 0 Å². The van der Waals surface area contributed by atoms with Crippen molar-refractivity contribution in [1.29, 1.82) is 0 Å². The third-order valence-electron chi connectivity index (χ3n) is 5.34. The number of ether oxygens (including phenoxy) is 1. The zero-order valence-electron chi connectivity index (χ0n) is 16.8. The van der Waals surface area contributed by atoms with Crippen molar-refractivity contribution in [2.24, 2.45) is 5.92 Å². The van der Waals surface area contributed by atoms with Gasteiger partial charge in [0, 0.05) is 31.2 Å². The van der Waals surface area contributed by atoms with Gasteiger partial charge in [-0.25, -0.2) is 15.0 Å². The molecule has 0 unspecified atom stereocenters. The smallest absolute Gasteiger partial charge is 0.263 e. The summed E-state index contributed by atoms with van der Waals surface area (Å²) in [5, 5.41) is 4.24. The van der Waals surface area contributed by atoms with Crippen molar-refractivity contribution >= 4 is 38.2 Å². The normalized spacial score (nSPS) is 14.8. The maximum absolute atomic E-state index is 6.09. The molecule has 7 heteroatoms. The first-order valence-corrected chi connectivity index (χ1v) is 11.0. The van der Waals surface area contributed by atoms with E-state index in [4.69, 9.17) is 4.74 Å². The number of hydrogen-bond donors (Lipinski definition) is 1. The number of piperidine rings is 1. The number of benzene rings is 2. The fraction of sp³-hybridized carbons (Fsp3) is 0.261. The van der Waals surface area contributed by atoms with Crippen LogP contribution < -0.4 is 15.0 Å². The molecule has 0 atom stereocenters. The number of nitrogens with one attached hydrogen (secondary N) is 1. The molecular weight excluding hydrogens is 394 g/mol. The summed E-state index contributed by atoms with van der Waals surface area (Å²) in [5.74, 6) is 2.87. The van der Waals surface area contributed by atoms with Crippen LogP contribution >= 0.6 is 11.3 Å². The SMILES string of the molecule is CC1CCN(c2nccnc2Oc2ccc(Nc3nc4ccccc4s3)cc2)CC1. The molecule has 2 aromatic heterocycles. The molecular formula is C23H23N5OS. The van der Waals surface area contributed by atoms with Crippen molar-refractivity contribution in [2.75, 3.05) is 23.3 Å². The lowest BCUT2D eigenvalue weighted by Gasteiger charge is -2.31. The molecule has 1 aliphatic rings. The second-order valence-electron chi connectivity index (χ2n) is 7.59. The summed E-state index contributed by atoms with van der Waals surface area (Å²) in [6.45, 7) is 4.28. The molecule has 6 nitrogen and oxygen atoms in total. The Morgan fingerprint density at radius 3 is 2.57 bits per heavy atom. The quantitative estimate of drug-likeness (QED) is 0.439. The molecule has 2 aromatic carbocycles. The van der Waals surface area contributed by atoms with Gasteiger partial charge in [0.25, 0.3) is 5.88 Å². The maximum Gasteiger partial charge on any atom is 0.263 e. The maximum atomic E-state index is 6.09. The highest BCUT2D eigenvalue weighted by molar-refractivity contribution is 7.22. The lowest BCUT2D eigenvalue weighted by molar-refractivity contribution is 0.422. The standard InChI is InChI=1S/C23H23N5OS/c1-16-10-14-28(15-11-16)21-22(25-13-12-24-21)29-18-8-6-17(7-9-18)26-23-27-19-4-2-3-5-20(19)30-23/h2-9,12-13,16H,10-11,14-15H2,1H3,(H,26,27). The van der Waals surface area contributed by atoms with Crippen LogP contribution in [0, 0.1) is 5.92 Å². The summed E-state index contributed by atoms with van der Waals surface area (Å²) in [6.07, 6.45) is 5.74. The van der Waals surface area contributed by atoms with Crippen LogP contribution in [0.15, 0.2) is 60.9 Å². The molecule has 0 spiro atoms. The van der Waals surface area contributed by atoms with Crippen molar-refractivity contribution in [2.45, 2.75) is 19.8 Å². The summed E-state index contributed by atoms with van der Waals surface area (Å²) in [7, 11) is 0. The Hall–Kier alpha value is -3.19. The molecule has 0 aliphatic carbocycles. The Bertz CT molecular complexity index is 1100. The van der Waals surface area contributed by atoms with Crippen molar-refractivity contribution in [3.63, 3.8) is 0 Å². The van der Waals surface area contributed by atoms with Gasteiger partial charge in [0.2, 0.25) is 0 Å². The van der Waals surface area contributed by atoms with Gasteiger partial charge in [0.05, 0.1) is 10.2 Å². The zero-order valence-corrected chi connectivity index (χ0v) is 17.6. The molecule has 1 fully saturated rings. The van der Waals surface area contributed by atoms with E-state index in [1.54, 1.807) is 23.7 Å². The molecule has 0 saturated carbocycles. The molecule has 0 amide bonds. The first-order valence-electron chi connectivity index (χ1n) is 10.2. The molecule has 1 aliphatic heterocycles. The summed E-state index contributed by atoms with van der Waals surface area (Å²) in [6, 6.07) is 16.0. The van der Waals surface area contributed by atoms with Gasteiger partial charge in [-0.05, 0) is 55.2 Å². The minimum absolute atomic E-state index is 0.555. The van der Waals surface area contributed by atoms with Crippen LogP contribution in [0.4, 0.5) is 16.6 Å². The summed E-state index contributed by atoms with van der Waals surface area (Å²) >= 11 is 1.64. The Morgan fingerprint density at radius 2 is 1.77 bits per heavy atom. The second kappa shape index (κ2) is 8.28. The summed E-state index contributed by atoms with van der Waals surface area (Å²) in [5.41, 5.74) is 1.97. The highest BCUT2D eigenvalue weighted by Crippen LogP contribution is 2.32. The van der Waals surface area contributed by atoms with Crippen LogP contribution in [-0.4, -0.2) is 28.0 Å². The molecule has 0 bridgehead atoms. The fourth-order valence-electron chi connectivity index (χ4n) is 3.59. The van der Waals surface area contributed by atoms with E-state index in [-0.39, 0.29) is 0 Å². The van der Waals surface area contributed by atoms with Crippen LogP contribution in [0.25, 0.3) is 10.2 Å². The van der Waals surface area contributed by atoms with Gasteiger partial charge >= 0.3 is 0 Å². The minimum Gasteiger partial charge on any atom is -0.436 e. The Morgan fingerprint density at radius 1 is 1.00 bits per heavy atom. The second-order valence-corrected chi connectivity index (χ2v) is 8.62. The van der Waals surface area contributed by atoms with E-state index in [1.165, 1.54) is 17.5 Å². The van der Waals surface area contributed by atoms with Gasteiger partial charge in [-0.3, -0.25) is 0 Å². The van der Waals surface area contributed by atoms with E-state index in [1.807, 2.05) is 42.5 Å². The molecule has 5 rings (SSSR count). The number of anilines is 3. The summed E-state index contributed by atoms with van der Waals surface area (Å²) < 4.78 is 7.26.